The molecule has 3 aromatic carbocycles. The zero-order valence-corrected chi connectivity index (χ0v) is 17.9. The summed E-state index contributed by atoms with van der Waals surface area (Å²) in [5, 5.41) is 0. The predicted octanol–water partition coefficient (Wildman–Crippen LogP) is 9.06. The maximum Gasteiger partial charge on any atom is 0.432 e. The molecular weight excluding hydrogens is 438 g/mol. The van der Waals surface area contributed by atoms with Crippen molar-refractivity contribution in [3.63, 3.8) is 0 Å². The van der Waals surface area contributed by atoms with Crippen LogP contribution in [-0.4, -0.2) is 12.6 Å². The largest absolute Gasteiger partial charge is 0.432 e. The molecule has 0 radical (unpaired) electrons. The average molecular weight is 462 g/mol. The lowest BCUT2D eigenvalue weighted by Crippen LogP contribution is -2.46. The fourth-order valence-electron chi connectivity index (χ4n) is 4.90. The Morgan fingerprint density at radius 2 is 1.21 bits per heavy atom. The highest BCUT2D eigenvalue weighted by Gasteiger charge is 2.65. The third-order valence-electron chi connectivity index (χ3n) is 6.51. The first-order chi connectivity index (χ1) is 15.7. The smallest absolute Gasteiger partial charge is 0.222 e. The summed E-state index contributed by atoms with van der Waals surface area (Å²) in [6.07, 6.45) is -6.51. The Morgan fingerprint density at radius 1 is 0.667 bits per heavy atom. The van der Waals surface area contributed by atoms with Crippen LogP contribution in [0.4, 0.5) is 26.3 Å². The average Bonchev–Trinajstić information content (AvgIpc) is 2.83. The van der Waals surface area contributed by atoms with Gasteiger partial charge in [0, 0.05) is 5.56 Å². The van der Waals surface area contributed by atoms with E-state index in [0.29, 0.717) is 24.0 Å². The van der Waals surface area contributed by atoms with Gasteiger partial charge in [0.05, 0.1) is 0 Å². The van der Waals surface area contributed by atoms with Crippen LogP contribution in [0, 0.1) is 0 Å². The van der Waals surface area contributed by atoms with Gasteiger partial charge in [-0.15, -0.1) is 0 Å². The van der Waals surface area contributed by atoms with Crippen LogP contribution < -0.4 is 0 Å². The molecule has 1 unspecified atom stereocenters. The van der Waals surface area contributed by atoms with Crippen molar-refractivity contribution >= 4 is 0 Å². The van der Waals surface area contributed by atoms with Crippen LogP contribution in [0.5, 0.6) is 0 Å². The molecule has 33 heavy (non-hydrogen) atoms. The Hall–Kier alpha value is -2.76. The second kappa shape index (κ2) is 9.24. The van der Waals surface area contributed by atoms with Crippen molar-refractivity contribution < 1.29 is 26.3 Å². The maximum atomic E-state index is 15.9. The molecule has 1 aliphatic carbocycles. The van der Waals surface area contributed by atoms with E-state index in [0.717, 1.165) is 19.3 Å². The van der Waals surface area contributed by atoms with Gasteiger partial charge in [0.1, 0.15) is 0 Å². The van der Waals surface area contributed by atoms with Crippen molar-refractivity contribution in [1.29, 1.82) is 0 Å². The number of halogens is 6. The minimum absolute atomic E-state index is 0.0355. The third-order valence-corrected chi connectivity index (χ3v) is 6.51. The molecule has 0 N–H and O–H groups in total. The van der Waals surface area contributed by atoms with Gasteiger partial charge in [0.25, 0.3) is 12.1 Å². The van der Waals surface area contributed by atoms with E-state index in [1.165, 1.54) is 18.2 Å². The van der Waals surface area contributed by atoms with Gasteiger partial charge in [-0.3, -0.25) is 0 Å². The maximum absolute atomic E-state index is 15.9. The summed E-state index contributed by atoms with van der Waals surface area (Å²) < 4.78 is 86.7. The SMILES string of the molecule is FC(F)C(F)(c1c(C2CCCCC2)ccc(-c2ccccc2)c1-c1ccccc1)C(F)(F)F. The minimum atomic E-state index is -5.79. The summed E-state index contributed by atoms with van der Waals surface area (Å²) in [4.78, 5) is 0. The molecule has 174 valence electrons. The van der Waals surface area contributed by atoms with E-state index >= 15 is 4.39 Å². The number of benzene rings is 3. The fourth-order valence-corrected chi connectivity index (χ4v) is 4.90. The number of hydrogen-bond donors (Lipinski definition) is 0. The zero-order valence-electron chi connectivity index (χ0n) is 17.9. The van der Waals surface area contributed by atoms with Gasteiger partial charge in [-0.1, -0.05) is 92.1 Å². The lowest BCUT2D eigenvalue weighted by molar-refractivity contribution is -0.274. The molecule has 0 nitrogen and oxygen atoms in total. The van der Waals surface area contributed by atoms with Crippen LogP contribution in [0.1, 0.15) is 49.1 Å². The third kappa shape index (κ3) is 4.28. The second-order valence-electron chi connectivity index (χ2n) is 8.53. The molecule has 0 amide bonds. The Morgan fingerprint density at radius 3 is 1.73 bits per heavy atom. The van der Waals surface area contributed by atoms with Gasteiger partial charge in [-0.25, -0.2) is 13.2 Å². The predicted molar refractivity (Wildman–Crippen MR) is 118 cm³/mol. The lowest BCUT2D eigenvalue weighted by atomic mass is 9.74. The second-order valence-corrected chi connectivity index (χ2v) is 8.53. The summed E-state index contributed by atoms with van der Waals surface area (Å²) in [7, 11) is 0. The minimum Gasteiger partial charge on any atom is -0.222 e. The van der Waals surface area contributed by atoms with Gasteiger partial charge in [0.2, 0.25) is 0 Å². The molecule has 4 rings (SSSR count). The van der Waals surface area contributed by atoms with Crippen molar-refractivity contribution in [3.8, 4) is 22.3 Å². The number of rotatable bonds is 5. The van der Waals surface area contributed by atoms with Crippen LogP contribution in [0.15, 0.2) is 72.8 Å². The standard InChI is InChI=1S/C27H24F6/c28-25(29)26(30,27(31,32)33)24-22(19-12-6-2-7-13-19)17-16-21(18-10-4-1-5-11-18)23(24)20-14-8-3-9-15-20/h1,3-5,8-11,14-17,19,25H,2,6-7,12-13H2. The van der Waals surface area contributed by atoms with Crippen LogP contribution in [0.25, 0.3) is 22.3 Å². The molecule has 1 saturated carbocycles. The highest BCUT2D eigenvalue weighted by molar-refractivity contribution is 5.87. The molecule has 3 aromatic rings. The van der Waals surface area contributed by atoms with E-state index in [4.69, 9.17) is 0 Å². The highest BCUT2D eigenvalue weighted by Crippen LogP contribution is 2.55. The Bertz CT molecular complexity index is 1070. The fraction of sp³-hybridized carbons (Fsp3) is 0.333. The Balaban J connectivity index is 2.13. The molecule has 0 aliphatic heterocycles. The van der Waals surface area contributed by atoms with Gasteiger partial charge >= 0.3 is 6.18 Å². The topological polar surface area (TPSA) is 0 Å². The molecule has 0 aromatic heterocycles. The molecule has 1 atom stereocenters. The summed E-state index contributed by atoms with van der Waals surface area (Å²) in [5.74, 6) is -0.405. The summed E-state index contributed by atoms with van der Waals surface area (Å²) >= 11 is 0. The zero-order chi connectivity index (χ0) is 23.6. The van der Waals surface area contributed by atoms with Gasteiger partial charge < -0.3 is 0 Å². The van der Waals surface area contributed by atoms with E-state index in [9.17, 15) is 22.0 Å². The summed E-state index contributed by atoms with van der Waals surface area (Å²) in [6, 6.07) is 19.6. The molecule has 0 saturated heterocycles. The van der Waals surface area contributed by atoms with E-state index in [-0.39, 0.29) is 16.7 Å². The van der Waals surface area contributed by atoms with Crippen molar-refractivity contribution in [1.82, 2.24) is 0 Å². The molecule has 6 heteroatoms. The molecule has 0 heterocycles. The van der Waals surface area contributed by atoms with E-state index < -0.39 is 29.8 Å². The lowest BCUT2D eigenvalue weighted by Gasteiger charge is -2.35. The monoisotopic (exact) mass is 462 g/mol. The van der Waals surface area contributed by atoms with E-state index in [1.54, 1.807) is 54.6 Å². The number of alkyl halides is 6. The highest BCUT2D eigenvalue weighted by atomic mass is 19.4. The Kier molecular flexibility index (Phi) is 6.55. The molecule has 0 spiro atoms. The van der Waals surface area contributed by atoms with Crippen molar-refractivity contribution in [3.05, 3.63) is 83.9 Å². The van der Waals surface area contributed by atoms with Crippen LogP contribution in [-0.2, 0) is 5.67 Å². The molecule has 0 bridgehead atoms. The van der Waals surface area contributed by atoms with Crippen molar-refractivity contribution in [2.45, 2.75) is 56.3 Å². The molecule has 1 fully saturated rings. The van der Waals surface area contributed by atoms with Crippen LogP contribution in [0.3, 0.4) is 0 Å². The summed E-state index contributed by atoms with van der Waals surface area (Å²) in [6.45, 7) is 0. The number of hydrogen-bond acceptors (Lipinski definition) is 0. The quantitative estimate of drug-likeness (QED) is 0.332. The first kappa shape index (κ1) is 23.4. The van der Waals surface area contributed by atoms with Crippen LogP contribution in [0.2, 0.25) is 0 Å². The summed E-state index contributed by atoms with van der Waals surface area (Å²) in [5.41, 5.74) is -4.72. The van der Waals surface area contributed by atoms with Gasteiger partial charge in [0.15, 0.2) is 0 Å². The Labute approximate surface area is 189 Å². The van der Waals surface area contributed by atoms with Gasteiger partial charge in [-0.2, -0.15) is 13.2 Å². The van der Waals surface area contributed by atoms with Crippen molar-refractivity contribution in [2.24, 2.45) is 0 Å². The molecule has 1 aliphatic rings. The van der Waals surface area contributed by atoms with Crippen LogP contribution >= 0.6 is 0 Å². The van der Waals surface area contributed by atoms with Crippen molar-refractivity contribution in [2.75, 3.05) is 0 Å². The normalized spacial score (nSPS) is 17.2. The molecular formula is C27H24F6. The van der Waals surface area contributed by atoms with Gasteiger partial charge in [-0.05, 0) is 46.6 Å². The first-order valence-corrected chi connectivity index (χ1v) is 11.1. The first-order valence-electron chi connectivity index (χ1n) is 11.1. The van der Waals surface area contributed by atoms with E-state index in [2.05, 4.69) is 0 Å². The van der Waals surface area contributed by atoms with E-state index in [1.807, 2.05) is 0 Å².